The van der Waals surface area contributed by atoms with Crippen LogP contribution < -0.4 is 0 Å². The van der Waals surface area contributed by atoms with Crippen LogP contribution in [-0.4, -0.2) is 22.6 Å². The molecule has 0 aromatic heterocycles. The number of hydrogen-bond donors (Lipinski definition) is 0. The van der Waals surface area contributed by atoms with E-state index in [0.29, 0.717) is 0 Å². The lowest BCUT2D eigenvalue weighted by Gasteiger charge is -2.47. The van der Waals surface area contributed by atoms with Gasteiger partial charge in [0, 0.05) is 12.1 Å². The van der Waals surface area contributed by atoms with Gasteiger partial charge >= 0.3 is 0 Å². The molecule has 2 atom stereocenters. The number of rotatable bonds is 1. The van der Waals surface area contributed by atoms with Crippen molar-refractivity contribution in [3.8, 4) is 0 Å². The molecule has 0 spiro atoms. The van der Waals surface area contributed by atoms with Crippen LogP contribution >= 0.6 is 47.0 Å². The molecule has 74 valence electrons. The quantitative estimate of drug-likeness (QED) is 0.580. The average molecular weight is 413 g/mol. The van der Waals surface area contributed by atoms with Gasteiger partial charge in [0.05, 0.1) is 0 Å². The van der Waals surface area contributed by atoms with Crippen molar-refractivity contribution in [1.29, 1.82) is 0 Å². The van der Waals surface area contributed by atoms with Crippen LogP contribution in [0.2, 0.25) is 0 Å². The molecule has 1 heterocycles. The molecule has 0 aromatic carbocycles. The first-order valence-corrected chi connectivity index (χ1v) is 11.5. The lowest BCUT2D eigenvalue weighted by molar-refractivity contribution is 0.223. The summed E-state index contributed by atoms with van der Waals surface area (Å²) in [5.74, 6) is 0. The van der Waals surface area contributed by atoms with Gasteiger partial charge in [-0.3, -0.25) is 0 Å². The zero-order valence-corrected chi connectivity index (χ0v) is 13.0. The Morgan fingerprint density at radius 1 is 1.17 bits per heavy atom. The minimum atomic E-state index is -0.551. The van der Waals surface area contributed by atoms with Gasteiger partial charge in [-0.1, -0.05) is 11.0 Å². The van der Waals surface area contributed by atoms with Crippen LogP contribution in [0.25, 0.3) is 0 Å². The van der Waals surface area contributed by atoms with Gasteiger partial charge in [0.1, 0.15) is 0 Å². The molecule has 1 aliphatic heterocycles. The Morgan fingerprint density at radius 3 is 1.83 bits per heavy atom. The van der Waals surface area contributed by atoms with E-state index in [1.54, 1.807) is 0 Å². The second kappa shape index (κ2) is 4.53. The molecule has 1 nitrogen and oxygen atoms in total. The molecule has 1 aliphatic rings. The average Bonchev–Trinajstić information content (AvgIpc) is 1.82. The third-order valence-electron chi connectivity index (χ3n) is 2.48. The Labute approximate surface area is 102 Å². The Balaban J connectivity index is 2.69. The van der Waals surface area contributed by atoms with Gasteiger partial charge in [-0.2, -0.15) is 0 Å². The molecule has 0 saturated carbocycles. The normalized spacial score (nSPS) is 35.1. The second-order valence-corrected chi connectivity index (χ2v) is 20.8. The van der Waals surface area contributed by atoms with Gasteiger partial charge in [0.25, 0.3) is 0 Å². The fraction of sp³-hybridized carbons (Fsp3) is 1.00. The van der Waals surface area contributed by atoms with E-state index in [1.807, 2.05) is 0 Å². The highest BCUT2D eigenvalue weighted by molar-refractivity contribution is 14.3. The number of hydrogen-bond acceptors (Lipinski definition) is 1. The molecule has 0 bridgehead atoms. The molecule has 12 heavy (non-hydrogen) atoms. The fourth-order valence-corrected chi connectivity index (χ4v) is 8.16. The molecule has 1 fully saturated rings. The van der Waals surface area contributed by atoms with Crippen molar-refractivity contribution >= 4 is 47.0 Å². The summed E-state index contributed by atoms with van der Waals surface area (Å²) in [5.41, 5.74) is 0. The molecular formula is C8H17I2NS. The van der Waals surface area contributed by atoms with E-state index in [1.165, 1.54) is 19.3 Å². The van der Waals surface area contributed by atoms with Crippen LogP contribution in [0, 0.1) is 0 Å². The first-order valence-electron chi connectivity index (χ1n) is 4.39. The Hall–Kier alpha value is 1.77. The van der Waals surface area contributed by atoms with Crippen molar-refractivity contribution < 1.29 is 0 Å². The van der Waals surface area contributed by atoms with Crippen LogP contribution in [0.3, 0.4) is 0 Å². The Morgan fingerprint density at radius 2 is 1.58 bits per heavy atom. The number of nitrogens with zero attached hydrogens (tertiary/aromatic N) is 1. The van der Waals surface area contributed by atoms with Crippen LogP contribution in [-0.2, 0) is 0 Å². The summed E-state index contributed by atoms with van der Waals surface area (Å²) in [6, 6.07) is 1.59. The van der Waals surface area contributed by atoms with Gasteiger partial charge in [-0.25, -0.2) is 4.31 Å². The predicted molar refractivity (Wildman–Crippen MR) is 76.2 cm³/mol. The first kappa shape index (κ1) is 11.8. The molecule has 2 unspecified atom stereocenters. The van der Waals surface area contributed by atoms with Gasteiger partial charge in [-0.15, -0.1) is 0 Å². The summed E-state index contributed by atoms with van der Waals surface area (Å²) in [7, 11) is 0. The van der Waals surface area contributed by atoms with Crippen LogP contribution in [0.15, 0.2) is 0 Å². The lowest BCUT2D eigenvalue weighted by Crippen LogP contribution is -2.41. The molecule has 0 amide bonds. The highest BCUT2D eigenvalue weighted by Crippen LogP contribution is 2.66. The molecular weight excluding hydrogens is 396 g/mol. The van der Waals surface area contributed by atoms with Crippen LogP contribution in [0.5, 0.6) is 0 Å². The summed E-state index contributed by atoms with van der Waals surface area (Å²) < 4.78 is 2.17. The largest absolute Gasteiger partial charge is 0.246 e. The van der Waals surface area contributed by atoms with E-state index < -0.39 is 4.56 Å². The van der Waals surface area contributed by atoms with E-state index >= 15 is 0 Å². The molecule has 4 heteroatoms. The van der Waals surface area contributed by atoms with Gasteiger partial charge < -0.3 is 0 Å². The highest BCUT2D eigenvalue weighted by atomic mass is 127. The van der Waals surface area contributed by atoms with Crippen LogP contribution in [0.4, 0.5) is 0 Å². The highest BCUT2D eigenvalue weighted by Gasteiger charge is 2.32. The van der Waals surface area contributed by atoms with E-state index in [0.717, 1.165) is 12.1 Å². The maximum Gasteiger partial charge on any atom is 0.0175 e. The predicted octanol–water partition coefficient (Wildman–Crippen LogP) is 4.30. The molecule has 1 rings (SSSR count). The third-order valence-corrected chi connectivity index (χ3v) is 6.67. The summed E-state index contributed by atoms with van der Waals surface area (Å²) in [6.07, 6.45) is 6.58. The van der Waals surface area contributed by atoms with Crippen molar-refractivity contribution in [2.75, 3.05) is 6.26 Å². The fourth-order valence-electron chi connectivity index (χ4n) is 2.03. The maximum atomic E-state index is 2.72. The summed E-state index contributed by atoms with van der Waals surface area (Å²) in [4.78, 5) is 0. The van der Waals surface area contributed by atoms with Crippen molar-refractivity contribution in [2.24, 2.45) is 0 Å². The number of halogens is 2. The summed E-state index contributed by atoms with van der Waals surface area (Å²) in [5, 5.41) is 0. The molecule has 1 saturated heterocycles. The maximum absolute atomic E-state index is 2.72. The van der Waals surface area contributed by atoms with E-state index in [4.69, 9.17) is 0 Å². The SMILES string of the molecule is CC1CCCC(C)N1S(C)(I)I. The van der Waals surface area contributed by atoms with E-state index in [9.17, 15) is 0 Å². The van der Waals surface area contributed by atoms with Gasteiger partial charge in [0.15, 0.2) is 0 Å². The van der Waals surface area contributed by atoms with Crippen molar-refractivity contribution in [1.82, 2.24) is 4.31 Å². The van der Waals surface area contributed by atoms with Crippen molar-refractivity contribution in [3.63, 3.8) is 0 Å². The van der Waals surface area contributed by atoms with Crippen molar-refractivity contribution in [2.45, 2.75) is 45.2 Å². The minimum Gasteiger partial charge on any atom is -0.246 e. The third kappa shape index (κ3) is 2.88. The first-order chi connectivity index (χ1) is 5.43. The zero-order chi connectivity index (χ0) is 9.35. The molecule has 0 aliphatic carbocycles. The standard InChI is InChI=1S/C8H17I2NS/c1-7-5-4-6-8(2)11(7)12(3,9)10/h7-8H,4-6H2,1-3H3. The van der Waals surface area contributed by atoms with Crippen molar-refractivity contribution in [3.05, 3.63) is 0 Å². The summed E-state index contributed by atoms with van der Waals surface area (Å²) >= 11 is 5.24. The monoisotopic (exact) mass is 413 g/mol. The summed E-state index contributed by atoms with van der Waals surface area (Å²) in [6.45, 7) is 4.75. The lowest BCUT2D eigenvalue weighted by atomic mass is 10.0. The van der Waals surface area contributed by atoms with E-state index in [2.05, 4.69) is 66.8 Å². The number of piperidine rings is 1. The second-order valence-electron chi connectivity index (χ2n) is 3.68. The Bertz CT molecular complexity index is 148. The van der Waals surface area contributed by atoms with Crippen LogP contribution in [0.1, 0.15) is 33.1 Å². The topological polar surface area (TPSA) is 3.24 Å². The van der Waals surface area contributed by atoms with Gasteiger partial charge in [0.2, 0.25) is 0 Å². The van der Waals surface area contributed by atoms with E-state index in [-0.39, 0.29) is 0 Å². The molecule has 0 N–H and O–H groups in total. The zero-order valence-electron chi connectivity index (χ0n) is 7.89. The molecule has 0 radical (unpaired) electrons. The Kier molecular flexibility index (Phi) is 4.47. The smallest absolute Gasteiger partial charge is 0.0175 e. The molecule has 0 aromatic rings. The van der Waals surface area contributed by atoms with Gasteiger partial charge in [-0.05, 0) is 75.4 Å². The minimum absolute atomic E-state index is 0.551.